The van der Waals surface area contributed by atoms with Gasteiger partial charge in [-0.25, -0.2) is 4.79 Å². The summed E-state index contributed by atoms with van der Waals surface area (Å²) < 4.78 is 0. The fourth-order valence-electron chi connectivity index (χ4n) is 2.64. The standard InChI is InChI=1S/C16H24N2O/c1-13-8-6-7-9-14(13)12-17-16(19)18-15-10-4-2-3-5-11-15/h6-9,15H,2-5,10-12H2,1H3,(H2,17,18,19). The Labute approximate surface area is 115 Å². The molecule has 0 atom stereocenters. The Balaban J connectivity index is 1.76. The zero-order valence-electron chi connectivity index (χ0n) is 11.7. The van der Waals surface area contributed by atoms with E-state index in [4.69, 9.17) is 0 Å². The first-order valence-corrected chi connectivity index (χ1v) is 7.34. The van der Waals surface area contributed by atoms with Gasteiger partial charge in [-0.1, -0.05) is 49.9 Å². The fourth-order valence-corrected chi connectivity index (χ4v) is 2.64. The SMILES string of the molecule is Cc1ccccc1CNC(=O)NC1CCCCCC1. The number of aryl methyl sites for hydroxylation is 1. The first kappa shape index (κ1) is 13.9. The second-order valence-electron chi connectivity index (χ2n) is 5.44. The number of hydrogen-bond donors (Lipinski definition) is 2. The van der Waals surface area contributed by atoms with Gasteiger partial charge in [0.2, 0.25) is 0 Å². The van der Waals surface area contributed by atoms with Crippen molar-refractivity contribution in [3.05, 3.63) is 35.4 Å². The number of carbonyl (C=O) groups is 1. The Morgan fingerprint density at radius 1 is 1.16 bits per heavy atom. The third-order valence-corrected chi connectivity index (χ3v) is 3.89. The second-order valence-corrected chi connectivity index (χ2v) is 5.44. The quantitative estimate of drug-likeness (QED) is 0.802. The summed E-state index contributed by atoms with van der Waals surface area (Å²) in [5.74, 6) is 0. The van der Waals surface area contributed by atoms with Crippen LogP contribution in [-0.2, 0) is 6.54 Å². The van der Waals surface area contributed by atoms with Gasteiger partial charge in [0, 0.05) is 12.6 Å². The number of urea groups is 1. The maximum Gasteiger partial charge on any atom is 0.315 e. The van der Waals surface area contributed by atoms with Crippen LogP contribution in [0.1, 0.15) is 49.7 Å². The zero-order chi connectivity index (χ0) is 13.5. The van der Waals surface area contributed by atoms with Crippen molar-refractivity contribution in [2.75, 3.05) is 0 Å². The molecule has 1 saturated carbocycles. The van der Waals surface area contributed by atoms with Crippen LogP contribution in [0.5, 0.6) is 0 Å². The van der Waals surface area contributed by atoms with Crippen molar-refractivity contribution in [2.24, 2.45) is 0 Å². The molecule has 1 fully saturated rings. The molecule has 0 radical (unpaired) electrons. The van der Waals surface area contributed by atoms with Crippen LogP contribution in [0.2, 0.25) is 0 Å². The lowest BCUT2D eigenvalue weighted by molar-refractivity contribution is 0.235. The van der Waals surface area contributed by atoms with Gasteiger partial charge >= 0.3 is 6.03 Å². The molecule has 3 heteroatoms. The zero-order valence-corrected chi connectivity index (χ0v) is 11.7. The van der Waals surface area contributed by atoms with E-state index < -0.39 is 0 Å². The lowest BCUT2D eigenvalue weighted by Gasteiger charge is -2.17. The number of amides is 2. The predicted octanol–water partition coefficient (Wildman–Crippen LogP) is 3.52. The van der Waals surface area contributed by atoms with E-state index in [0.29, 0.717) is 12.6 Å². The summed E-state index contributed by atoms with van der Waals surface area (Å²) in [5, 5.41) is 6.06. The van der Waals surface area contributed by atoms with E-state index in [-0.39, 0.29) is 6.03 Å². The maximum absolute atomic E-state index is 11.9. The lowest BCUT2D eigenvalue weighted by atomic mass is 10.1. The van der Waals surface area contributed by atoms with Crippen LogP contribution in [0.3, 0.4) is 0 Å². The lowest BCUT2D eigenvalue weighted by Crippen LogP contribution is -2.41. The average Bonchev–Trinajstić information content (AvgIpc) is 2.66. The molecule has 0 spiro atoms. The Kier molecular flexibility index (Phi) is 5.25. The number of benzene rings is 1. The third-order valence-electron chi connectivity index (χ3n) is 3.89. The van der Waals surface area contributed by atoms with Crippen LogP contribution in [-0.4, -0.2) is 12.1 Å². The fraction of sp³-hybridized carbons (Fsp3) is 0.562. The summed E-state index contributed by atoms with van der Waals surface area (Å²) >= 11 is 0. The van der Waals surface area contributed by atoms with Gasteiger partial charge < -0.3 is 10.6 Å². The third kappa shape index (κ3) is 4.58. The van der Waals surface area contributed by atoms with Crippen LogP contribution in [0.15, 0.2) is 24.3 Å². The van der Waals surface area contributed by atoms with Gasteiger partial charge in [-0.15, -0.1) is 0 Å². The highest BCUT2D eigenvalue weighted by Crippen LogP contribution is 2.17. The molecule has 104 valence electrons. The molecule has 0 bridgehead atoms. The van der Waals surface area contributed by atoms with E-state index in [0.717, 1.165) is 12.8 Å². The molecule has 2 rings (SSSR count). The van der Waals surface area contributed by atoms with E-state index in [1.54, 1.807) is 0 Å². The van der Waals surface area contributed by atoms with Gasteiger partial charge in [-0.2, -0.15) is 0 Å². The maximum atomic E-state index is 11.9. The summed E-state index contributed by atoms with van der Waals surface area (Å²) in [6.07, 6.45) is 7.34. The molecular weight excluding hydrogens is 236 g/mol. The largest absolute Gasteiger partial charge is 0.335 e. The molecule has 0 aliphatic heterocycles. The molecule has 0 heterocycles. The number of hydrogen-bond acceptors (Lipinski definition) is 1. The van der Waals surface area contributed by atoms with Gasteiger partial charge in [0.15, 0.2) is 0 Å². The highest BCUT2D eigenvalue weighted by Gasteiger charge is 2.14. The summed E-state index contributed by atoms with van der Waals surface area (Å²) in [6, 6.07) is 8.48. The van der Waals surface area contributed by atoms with Crippen molar-refractivity contribution in [2.45, 2.75) is 58.0 Å². The minimum absolute atomic E-state index is 0.0323. The van der Waals surface area contributed by atoms with E-state index in [9.17, 15) is 4.79 Å². The normalized spacial score (nSPS) is 16.7. The molecule has 1 aliphatic rings. The van der Waals surface area contributed by atoms with Gasteiger partial charge in [-0.3, -0.25) is 0 Å². The average molecular weight is 260 g/mol. The topological polar surface area (TPSA) is 41.1 Å². The van der Waals surface area contributed by atoms with Gasteiger partial charge in [0.25, 0.3) is 0 Å². The molecule has 3 nitrogen and oxygen atoms in total. The molecule has 19 heavy (non-hydrogen) atoms. The molecule has 2 N–H and O–H groups in total. The molecule has 0 saturated heterocycles. The molecule has 0 unspecified atom stereocenters. The summed E-state index contributed by atoms with van der Waals surface area (Å²) in [7, 11) is 0. The van der Waals surface area contributed by atoms with E-state index in [1.807, 2.05) is 12.1 Å². The Bertz CT molecular complexity index is 409. The Hall–Kier alpha value is -1.51. The van der Waals surface area contributed by atoms with Crippen LogP contribution in [0.4, 0.5) is 4.79 Å². The van der Waals surface area contributed by atoms with E-state index in [1.165, 1.54) is 36.8 Å². The van der Waals surface area contributed by atoms with E-state index >= 15 is 0 Å². The Morgan fingerprint density at radius 3 is 2.53 bits per heavy atom. The highest BCUT2D eigenvalue weighted by atomic mass is 16.2. The molecule has 2 amide bonds. The summed E-state index contributed by atoms with van der Waals surface area (Å²) in [5.41, 5.74) is 2.40. The molecule has 1 aromatic carbocycles. The molecule has 0 aromatic heterocycles. The van der Waals surface area contributed by atoms with Crippen LogP contribution >= 0.6 is 0 Å². The van der Waals surface area contributed by atoms with Crippen molar-refractivity contribution in [1.82, 2.24) is 10.6 Å². The number of rotatable bonds is 3. The summed E-state index contributed by atoms with van der Waals surface area (Å²) in [6.45, 7) is 2.67. The summed E-state index contributed by atoms with van der Waals surface area (Å²) in [4.78, 5) is 11.9. The van der Waals surface area contributed by atoms with Crippen molar-refractivity contribution in [3.8, 4) is 0 Å². The van der Waals surface area contributed by atoms with Crippen molar-refractivity contribution >= 4 is 6.03 Å². The van der Waals surface area contributed by atoms with Gasteiger partial charge in [-0.05, 0) is 30.9 Å². The van der Waals surface area contributed by atoms with Crippen molar-refractivity contribution in [3.63, 3.8) is 0 Å². The second kappa shape index (κ2) is 7.17. The minimum Gasteiger partial charge on any atom is -0.335 e. The van der Waals surface area contributed by atoms with Crippen LogP contribution < -0.4 is 10.6 Å². The van der Waals surface area contributed by atoms with Crippen molar-refractivity contribution < 1.29 is 4.79 Å². The molecular formula is C16H24N2O. The Morgan fingerprint density at radius 2 is 1.84 bits per heavy atom. The van der Waals surface area contributed by atoms with E-state index in [2.05, 4.69) is 29.7 Å². The monoisotopic (exact) mass is 260 g/mol. The van der Waals surface area contributed by atoms with Crippen molar-refractivity contribution in [1.29, 1.82) is 0 Å². The number of carbonyl (C=O) groups excluding carboxylic acids is 1. The highest BCUT2D eigenvalue weighted by molar-refractivity contribution is 5.74. The minimum atomic E-state index is -0.0323. The van der Waals surface area contributed by atoms with Gasteiger partial charge in [0.1, 0.15) is 0 Å². The molecule has 1 aromatic rings. The van der Waals surface area contributed by atoms with Crippen LogP contribution in [0.25, 0.3) is 0 Å². The van der Waals surface area contributed by atoms with Gasteiger partial charge in [0.05, 0.1) is 0 Å². The number of nitrogens with one attached hydrogen (secondary N) is 2. The first-order valence-electron chi connectivity index (χ1n) is 7.34. The predicted molar refractivity (Wildman–Crippen MR) is 78.0 cm³/mol. The smallest absolute Gasteiger partial charge is 0.315 e. The van der Waals surface area contributed by atoms with Crippen LogP contribution in [0, 0.1) is 6.92 Å². The first-order chi connectivity index (χ1) is 9.25. The molecule has 1 aliphatic carbocycles.